The average Bonchev–Trinajstić information content (AvgIpc) is 3.52. The van der Waals surface area contributed by atoms with Gasteiger partial charge in [-0.25, -0.2) is 0 Å². The molecular weight excluding hydrogens is 520 g/mol. The molecule has 6 atom stereocenters. The quantitative estimate of drug-likeness (QED) is 0.251. The number of esters is 1. The number of amides is 2. The standard InChI is InChI=1S/C33H40N2O6/c1-6-8-18-40-31(39)27-26-29(37)35(25(20-36)21(3)4)28(33(26)16-15-32(27,5)41-33)30(38)34(17-7-2)24-14-13-22-11-9-10-12-23(22)19-24/h6-7,9-14,19,21,25-28,36H,1-2,8,15-18,20H2,3-5H3/t25-,26-,27-,28?,32+,33?/m0/s1. The number of hydrogen-bond acceptors (Lipinski definition) is 6. The van der Waals surface area contributed by atoms with E-state index in [2.05, 4.69) is 13.2 Å². The molecule has 8 heteroatoms. The number of aliphatic hydroxyl groups excluding tert-OH is 1. The molecule has 0 radical (unpaired) electrons. The number of benzene rings is 2. The van der Waals surface area contributed by atoms with E-state index >= 15 is 0 Å². The van der Waals surface area contributed by atoms with Crippen LogP contribution in [0.15, 0.2) is 67.8 Å². The first-order valence-corrected chi connectivity index (χ1v) is 14.5. The molecule has 1 spiro atoms. The van der Waals surface area contributed by atoms with Crippen LogP contribution in [0, 0.1) is 17.8 Å². The van der Waals surface area contributed by atoms with E-state index in [4.69, 9.17) is 9.47 Å². The number of fused-ring (bicyclic) bond motifs is 2. The first-order valence-electron chi connectivity index (χ1n) is 14.5. The van der Waals surface area contributed by atoms with E-state index in [1.165, 1.54) is 4.90 Å². The smallest absolute Gasteiger partial charge is 0.312 e. The third-order valence-corrected chi connectivity index (χ3v) is 9.20. The monoisotopic (exact) mass is 560 g/mol. The molecule has 218 valence electrons. The molecule has 3 aliphatic heterocycles. The maximum atomic E-state index is 14.8. The highest BCUT2D eigenvalue weighted by Crippen LogP contribution is 2.64. The first-order chi connectivity index (χ1) is 19.6. The van der Waals surface area contributed by atoms with Crippen molar-refractivity contribution >= 4 is 34.2 Å². The Morgan fingerprint density at radius 3 is 2.56 bits per heavy atom. The summed E-state index contributed by atoms with van der Waals surface area (Å²) < 4.78 is 12.3. The highest BCUT2D eigenvalue weighted by molar-refractivity contribution is 6.05. The van der Waals surface area contributed by atoms with E-state index < -0.39 is 41.1 Å². The average molecular weight is 561 g/mol. The van der Waals surface area contributed by atoms with Gasteiger partial charge in [-0.3, -0.25) is 14.4 Å². The van der Waals surface area contributed by atoms with Crippen molar-refractivity contribution in [1.29, 1.82) is 0 Å². The number of hydrogen-bond donors (Lipinski definition) is 1. The van der Waals surface area contributed by atoms with Gasteiger partial charge in [-0.1, -0.05) is 56.3 Å². The van der Waals surface area contributed by atoms with Gasteiger partial charge in [-0.2, -0.15) is 0 Å². The molecule has 2 amide bonds. The molecule has 2 bridgehead atoms. The third-order valence-electron chi connectivity index (χ3n) is 9.20. The SMILES string of the molecule is C=CCCOC(=O)[C@@H]1[C@H]2C(=O)N([C@@H](CO)C(C)C)C(C(=O)N(CC=C)c3ccc4ccccc4c3)C23CC[C@@]1(C)O3. The number of ether oxygens (including phenoxy) is 2. The van der Waals surface area contributed by atoms with Crippen molar-refractivity contribution in [2.75, 3.05) is 24.7 Å². The fourth-order valence-corrected chi connectivity index (χ4v) is 7.25. The Morgan fingerprint density at radius 2 is 1.90 bits per heavy atom. The molecule has 3 heterocycles. The summed E-state index contributed by atoms with van der Waals surface area (Å²) in [5.74, 6) is -3.05. The van der Waals surface area contributed by atoms with Crippen LogP contribution in [-0.4, -0.2) is 70.8 Å². The van der Waals surface area contributed by atoms with Gasteiger partial charge < -0.3 is 24.4 Å². The highest BCUT2D eigenvalue weighted by Gasteiger charge is 2.79. The molecule has 3 saturated heterocycles. The molecule has 0 aliphatic carbocycles. The van der Waals surface area contributed by atoms with Crippen molar-refractivity contribution in [3.63, 3.8) is 0 Å². The van der Waals surface area contributed by atoms with Crippen molar-refractivity contribution in [2.24, 2.45) is 17.8 Å². The fraction of sp³-hybridized carbons (Fsp3) is 0.485. The Labute approximate surface area is 241 Å². The van der Waals surface area contributed by atoms with Gasteiger partial charge in [0.2, 0.25) is 5.91 Å². The van der Waals surface area contributed by atoms with Crippen LogP contribution in [0.5, 0.6) is 0 Å². The van der Waals surface area contributed by atoms with Crippen molar-refractivity contribution < 1.29 is 29.0 Å². The predicted molar refractivity (Wildman–Crippen MR) is 157 cm³/mol. The Kier molecular flexibility index (Phi) is 7.83. The Hall–Kier alpha value is -3.49. The lowest BCUT2D eigenvalue weighted by molar-refractivity contribution is -0.160. The van der Waals surface area contributed by atoms with Crippen LogP contribution in [0.4, 0.5) is 5.69 Å². The van der Waals surface area contributed by atoms with Gasteiger partial charge >= 0.3 is 5.97 Å². The summed E-state index contributed by atoms with van der Waals surface area (Å²) in [5.41, 5.74) is -1.48. The Morgan fingerprint density at radius 1 is 1.17 bits per heavy atom. The number of nitrogens with zero attached hydrogens (tertiary/aromatic N) is 2. The van der Waals surface area contributed by atoms with Crippen molar-refractivity contribution in [2.45, 2.75) is 63.3 Å². The lowest BCUT2D eigenvalue weighted by Crippen LogP contribution is -2.60. The van der Waals surface area contributed by atoms with Crippen LogP contribution in [0.3, 0.4) is 0 Å². The molecule has 1 N–H and O–H groups in total. The second-order valence-corrected chi connectivity index (χ2v) is 12.0. The molecular formula is C33H40N2O6. The minimum absolute atomic E-state index is 0.145. The summed E-state index contributed by atoms with van der Waals surface area (Å²) in [6.07, 6.45) is 4.77. The summed E-state index contributed by atoms with van der Waals surface area (Å²) in [6.45, 7) is 13.3. The Bertz CT molecular complexity index is 1370. The molecule has 2 aromatic rings. The number of carbonyl (C=O) groups is 3. The summed E-state index contributed by atoms with van der Waals surface area (Å²) in [4.78, 5) is 45.8. The third kappa shape index (κ3) is 4.57. The van der Waals surface area contributed by atoms with E-state index in [1.807, 2.05) is 63.2 Å². The number of carbonyl (C=O) groups excluding carboxylic acids is 3. The maximum absolute atomic E-state index is 14.8. The van der Waals surface area contributed by atoms with E-state index in [0.29, 0.717) is 24.9 Å². The number of likely N-dealkylation sites (tertiary alicyclic amines) is 1. The van der Waals surface area contributed by atoms with Crippen molar-refractivity contribution in [3.05, 3.63) is 67.8 Å². The molecule has 2 unspecified atom stereocenters. The molecule has 8 nitrogen and oxygen atoms in total. The lowest BCUT2D eigenvalue weighted by atomic mass is 9.66. The van der Waals surface area contributed by atoms with Crippen molar-refractivity contribution in [3.8, 4) is 0 Å². The maximum Gasteiger partial charge on any atom is 0.312 e. The first kappa shape index (κ1) is 29.0. The van der Waals surface area contributed by atoms with E-state index in [-0.39, 0.29) is 37.5 Å². The number of rotatable bonds is 11. The van der Waals surface area contributed by atoms with Crippen LogP contribution in [0.25, 0.3) is 10.8 Å². The summed E-state index contributed by atoms with van der Waals surface area (Å²) >= 11 is 0. The minimum atomic E-state index is -1.22. The zero-order chi connectivity index (χ0) is 29.5. The molecule has 3 aliphatic rings. The Balaban J connectivity index is 1.61. The van der Waals surface area contributed by atoms with Gasteiger partial charge in [0.15, 0.2) is 0 Å². The van der Waals surface area contributed by atoms with E-state index in [0.717, 1.165) is 10.8 Å². The molecule has 5 rings (SSSR count). The van der Waals surface area contributed by atoms with Crippen LogP contribution in [0.1, 0.15) is 40.0 Å². The van der Waals surface area contributed by atoms with Crippen LogP contribution in [0.2, 0.25) is 0 Å². The summed E-state index contributed by atoms with van der Waals surface area (Å²) in [7, 11) is 0. The molecule has 41 heavy (non-hydrogen) atoms. The fourth-order valence-electron chi connectivity index (χ4n) is 7.25. The van der Waals surface area contributed by atoms with Gasteiger partial charge in [0, 0.05) is 12.2 Å². The van der Waals surface area contributed by atoms with Crippen molar-refractivity contribution in [1.82, 2.24) is 4.90 Å². The lowest BCUT2D eigenvalue weighted by Gasteiger charge is -2.40. The molecule has 2 aromatic carbocycles. The van der Waals surface area contributed by atoms with Crippen LogP contribution >= 0.6 is 0 Å². The minimum Gasteiger partial charge on any atom is -0.465 e. The molecule has 3 fully saturated rings. The number of aliphatic hydroxyl groups is 1. The summed E-state index contributed by atoms with van der Waals surface area (Å²) in [6, 6.07) is 12.0. The predicted octanol–water partition coefficient (Wildman–Crippen LogP) is 4.26. The number of anilines is 1. The normalized spacial score (nSPS) is 29.0. The highest BCUT2D eigenvalue weighted by atomic mass is 16.6. The largest absolute Gasteiger partial charge is 0.465 e. The van der Waals surface area contributed by atoms with Crippen LogP contribution < -0.4 is 4.90 Å². The second-order valence-electron chi connectivity index (χ2n) is 12.0. The van der Waals surface area contributed by atoms with Gasteiger partial charge in [-0.15, -0.1) is 13.2 Å². The van der Waals surface area contributed by atoms with E-state index in [9.17, 15) is 19.5 Å². The van der Waals surface area contributed by atoms with Gasteiger partial charge in [-0.05, 0) is 55.0 Å². The second kappa shape index (κ2) is 11.1. The zero-order valence-electron chi connectivity index (χ0n) is 24.1. The zero-order valence-corrected chi connectivity index (χ0v) is 24.1. The summed E-state index contributed by atoms with van der Waals surface area (Å²) in [5, 5.41) is 12.5. The molecule has 0 aromatic heterocycles. The van der Waals surface area contributed by atoms with Gasteiger partial charge in [0.25, 0.3) is 5.91 Å². The topological polar surface area (TPSA) is 96.4 Å². The molecule has 0 saturated carbocycles. The van der Waals surface area contributed by atoms with Crippen LogP contribution in [-0.2, 0) is 23.9 Å². The van der Waals surface area contributed by atoms with E-state index in [1.54, 1.807) is 17.1 Å². The van der Waals surface area contributed by atoms with Gasteiger partial charge in [0.05, 0.1) is 30.8 Å². The van der Waals surface area contributed by atoms with Gasteiger partial charge in [0.1, 0.15) is 17.6 Å².